The molecule has 0 bridgehead atoms. The number of aryl methyl sites for hydroxylation is 1. The molecule has 0 aliphatic heterocycles. The van der Waals surface area contributed by atoms with Crippen LogP contribution in [0.25, 0.3) is 5.78 Å². The predicted molar refractivity (Wildman–Crippen MR) is 89.9 cm³/mol. The van der Waals surface area contributed by atoms with E-state index in [1.807, 2.05) is 0 Å². The van der Waals surface area contributed by atoms with Crippen LogP contribution in [-0.2, 0) is 12.7 Å². The number of halogens is 4. The molecule has 0 spiro atoms. The standard InChI is InChI=1S/C16H14ClF3N4O3/c1-9-6-13(26)24-15(21-14(22-24)16(18,19)20)23(9)7-11(25)8-27-12-4-2-10(17)3-5-12/h2-6,11,25H,7-8H2,1H3/t11-/m1/s1. The van der Waals surface area contributed by atoms with Gasteiger partial charge in [-0.15, -0.1) is 5.10 Å². The Bertz CT molecular complexity index is 1010. The molecule has 0 unspecified atom stereocenters. The molecule has 7 nitrogen and oxygen atoms in total. The highest BCUT2D eigenvalue weighted by atomic mass is 35.5. The lowest BCUT2D eigenvalue weighted by Crippen LogP contribution is -2.28. The second-order valence-corrected chi connectivity index (χ2v) is 6.23. The Hall–Kier alpha value is -2.59. The van der Waals surface area contributed by atoms with E-state index < -0.39 is 23.7 Å². The average Bonchev–Trinajstić information content (AvgIpc) is 3.04. The fourth-order valence-electron chi connectivity index (χ4n) is 2.43. The second-order valence-electron chi connectivity index (χ2n) is 5.80. The first-order valence-electron chi connectivity index (χ1n) is 7.76. The van der Waals surface area contributed by atoms with Crippen LogP contribution in [0.3, 0.4) is 0 Å². The maximum absolute atomic E-state index is 12.9. The number of hydrogen-bond donors (Lipinski definition) is 1. The van der Waals surface area contributed by atoms with E-state index in [9.17, 15) is 23.1 Å². The number of nitrogens with zero attached hydrogens (tertiary/aromatic N) is 4. The second kappa shape index (κ2) is 7.20. The molecule has 144 valence electrons. The molecule has 3 rings (SSSR count). The molecule has 0 fully saturated rings. The monoisotopic (exact) mass is 402 g/mol. The van der Waals surface area contributed by atoms with Gasteiger partial charge in [-0.2, -0.15) is 22.7 Å². The molecule has 11 heteroatoms. The molecular formula is C16H14ClF3N4O3. The van der Waals surface area contributed by atoms with Crippen molar-refractivity contribution in [3.05, 3.63) is 57.2 Å². The lowest BCUT2D eigenvalue weighted by Gasteiger charge is -2.16. The third-order valence-corrected chi connectivity index (χ3v) is 3.95. The van der Waals surface area contributed by atoms with E-state index in [0.717, 1.165) is 6.07 Å². The first-order valence-corrected chi connectivity index (χ1v) is 8.14. The summed E-state index contributed by atoms with van der Waals surface area (Å²) < 4.78 is 45.8. The SMILES string of the molecule is Cc1cc(=O)n2nc(C(F)(F)F)nc2n1C[C@@H](O)COc1ccc(Cl)cc1. The largest absolute Gasteiger partial charge is 0.491 e. The molecule has 0 saturated carbocycles. The zero-order chi connectivity index (χ0) is 19.8. The highest BCUT2D eigenvalue weighted by Gasteiger charge is 2.37. The summed E-state index contributed by atoms with van der Waals surface area (Å²) in [5, 5.41) is 14.0. The summed E-state index contributed by atoms with van der Waals surface area (Å²) in [4.78, 5) is 15.3. The Labute approximate surface area is 155 Å². The van der Waals surface area contributed by atoms with Gasteiger partial charge in [0.15, 0.2) is 0 Å². The average molecular weight is 403 g/mol. The molecule has 2 heterocycles. The van der Waals surface area contributed by atoms with E-state index in [4.69, 9.17) is 16.3 Å². The van der Waals surface area contributed by atoms with Gasteiger partial charge < -0.3 is 14.4 Å². The predicted octanol–water partition coefficient (Wildman–Crippen LogP) is 2.31. The third kappa shape index (κ3) is 4.22. The van der Waals surface area contributed by atoms with Crippen LogP contribution in [0.5, 0.6) is 5.75 Å². The van der Waals surface area contributed by atoms with Gasteiger partial charge in [-0.05, 0) is 31.2 Å². The number of benzene rings is 1. The summed E-state index contributed by atoms with van der Waals surface area (Å²) in [7, 11) is 0. The van der Waals surface area contributed by atoms with E-state index in [2.05, 4.69) is 10.1 Å². The summed E-state index contributed by atoms with van der Waals surface area (Å²) in [6.45, 7) is 1.26. The van der Waals surface area contributed by atoms with Crippen molar-refractivity contribution in [3.63, 3.8) is 0 Å². The van der Waals surface area contributed by atoms with Gasteiger partial charge in [0.05, 0.1) is 6.54 Å². The molecule has 0 aliphatic carbocycles. The van der Waals surface area contributed by atoms with Gasteiger partial charge in [0, 0.05) is 16.8 Å². The van der Waals surface area contributed by atoms with E-state index in [0.29, 0.717) is 21.0 Å². The Kier molecular flexibility index (Phi) is 5.11. The van der Waals surface area contributed by atoms with Gasteiger partial charge in [-0.3, -0.25) is 4.79 Å². The van der Waals surface area contributed by atoms with Crippen LogP contribution in [0.2, 0.25) is 5.02 Å². The van der Waals surface area contributed by atoms with Gasteiger partial charge >= 0.3 is 6.18 Å². The number of rotatable bonds is 5. The van der Waals surface area contributed by atoms with E-state index in [1.165, 1.54) is 11.5 Å². The molecule has 1 N–H and O–H groups in total. The van der Waals surface area contributed by atoms with E-state index >= 15 is 0 Å². The lowest BCUT2D eigenvalue weighted by molar-refractivity contribution is -0.144. The van der Waals surface area contributed by atoms with Crippen molar-refractivity contribution < 1.29 is 23.0 Å². The fraction of sp³-hybridized carbons (Fsp3) is 0.312. The Balaban J connectivity index is 1.84. The Morgan fingerprint density at radius 1 is 1.30 bits per heavy atom. The zero-order valence-corrected chi connectivity index (χ0v) is 14.7. The first kappa shape index (κ1) is 19.2. The molecule has 0 aliphatic rings. The quantitative estimate of drug-likeness (QED) is 0.708. The minimum absolute atomic E-state index is 0.125. The van der Waals surface area contributed by atoms with Gasteiger partial charge in [0.1, 0.15) is 18.5 Å². The van der Waals surface area contributed by atoms with Crippen LogP contribution in [-0.4, -0.2) is 37.0 Å². The molecule has 0 saturated heterocycles. The Morgan fingerprint density at radius 2 is 1.96 bits per heavy atom. The van der Waals surface area contributed by atoms with Gasteiger partial charge in [0.2, 0.25) is 5.78 Å². The van der Waals surface area contributed by atoms with Crippen molar-refractivity contribution >= 4 is 17.4 Å². The number of ether oxygens (including phenoxy) is 1. The molecule has 2 aromatic heterocycles. The number of aliphatic hydroxyl groups is 1. The van der Waals surface area contributed by atoms with Crippen LogP contribution < -0.4 is 10.3 Å². The lowest BCUT2D eigenvalue weighted by atomic mass is 10.3. The maximum Gasteiger partial charge on any atom is 0.453 e. The van der Waals surface area contributed by atoms with Crippen molar-refractivity contribution in [2.24, 2.45) is 0 Å². The van der Waals surface area contributed by atoms with Crippen LogP contribution in [0.1, 0.15) is 11.5 Å². The number of aromatic nitrogens is 4. The van der Waals surface area contributed by atoms with Crippen molar-refractivity contribution in [2.75, 3.05) is 6.61 Å². The summed E-state index contributed by atoms with van der Waals surface area (Å²) >= 11 is 5.77. The number of hydrogen-bond acceptors (Lipinski definition) is 5. The number of alkyl halides is 3. The smallest absolute Gasteiger partial charge is 0.453 e. The zero-order valence-electron chi connectivity index (χ0n) is 13.9. The highest BCUT2D eigenvalue weighted by Crippen LogP contribution is 2.26. The van der Waals surface area contributed by atoms with Crippen LogP contribution in [0.4, 0.5) is 13.2 Å². The number of aliphatic hydroxyl groups excluding tert-OH is 1. The van der Waals surface area contributed by atoms with Gasteiger partial charge in [-0.1, -0.05) is 11.6 Å². The topological polar surface area (TPSA) is 81.7 Å². The molecule has 0 amide bonds. The molecule has 0 radical (unpaired) electrons. The minimum Gasteiger partial charge on any atom is -0.491 e. The molecule has 27 heavy (non-hydrogen) atoms. The summed E-state index contributed by atoms with van der Waals surface area (Å²) in [5.74, 6) is -1.26. The third-order valence-electron chi connectivity index (χ3n) is 3.70. The summed E-state index contributed by atoms with van der Waals surface area (Å²) in [5.41, 5.74) is -0.409. The van der Waals surface area contributed by atoms with Crippen LogP contribution >= 0.6 is 11.6 Å². The van der Waals surface area contributed by atoms with Crippen molar-refractivity contribution in [1.29, 1.82) is 0 Å². The molecule has 1 aromatic carbocycles. The summed E-state index contributed by atoms with van der Waals surface area (Å²) in [6.07, 6.45) is -5.86. The first-order chi connectivity index (χ1) is 12.6. The normalized spacial score (nSPS) is 13.1. The van der Waals surface area contributed by atoms with Crippen LogP contribution in [0.15, 0.2) is 35.1 Å². The maximum atomic E-state index is 12.9. The van der Waals surface area contributed by atoms with Gasteiger partial charge in [-0.25, -0.2) is 0 Å². The Morgan fingerprint density at radius 3 is 2.59 bits per heavy atom. The summed E-state index contributed by atoms with van der Waals surface area (Å²) in [6, 6.07) is 7.59. The molecule has 3 aromatic rings. The van der Waals surface area contributed by atoms with Crippen molar-refractivity contribution in [1.82, 2.24) is 19.2 Å². The van der Waals surface area contributed by atoms with E-state index in [1.54, 1.807) is 24.3 Å². The minimum atomic E-state index is -4.79. The van der Waals surface area contributed by atoms with E-state index in [-0.39, 0.29) is 18.9 Å². The number of fused-ring (bicyclic) bond motifs is 1. The molecule has 1 atom stereocenters. The van der Waals surface area contributed by atoms with Gasteiger partial charge in [0.25, 0.3) is 11.4 Å². The van der Waals surface area contributed by atoms with Crippen LogP contribution in [0, 0.1) is 6.92 Å². The fourth-order valence-corrected chi connectivity index (χ4v) is 2.56. The van der Waals surface area contributed by atoms with Crippen molar-refractivity contribution in [2.45, 2.75) is 25.7 Å². The highest BCUT2D eigenvalue weighted by molar-refractivity contribution is 6.30. The molecular weight excluding hydrogens is 389 g/mol. The van der Waals surface area contributed by atoms with Crippen molar-refractivity contribution in [3.8, 4) is 5.75 Å².